The molecule has 4 rings (SSSR count). The highest BCUT2D eigenvalue weighted by Crippen LogP contribution is 2.30. The summed E-state index contributed by atoms with van der Waals surface area (Å²) in [5, 5.41) is 7.41. The molecule has 0 radical (unpaired) electrons. The van der Waals surface area contributed by atoms with Crippen molar-refractivity contribution in [3.05, 3.63) is 47.8 Å². The van der Waals surface area contributed by atoms with Crippen molar-refractivity contribution in [3.63, 3.8) is 0 Å². The second-order valence-corrected chi connectivity index (χ2v) is 6.89. The summed E-state index contributed by atoms with van der Waals surface area (Å²) in [6.07, 6.45) is 5.92. The lowest BCUT2D eigenvalue weighted by Crippen LogP contribution is -2.47. The van der Waals surface area contributed by atoms with E-state index >= 15 is 0 Å². The van der Waals surface area contributed by atoms with Crippen LogP contribution in [0.2, 0.25) is 0 Å². The largest absolute Gasteiger partial charge is 0.324 e. The number of para-hydroxylation sites is 1. The molecular formula is C19H24N4O. The van der Waals surface area contributed by atoms with Crippen LogP contribution in [0.3, 0.4) is 0 Å². The number of carbonyl (C=O) groups is 1. The molecule has 1 aromatic heterocycles. The van der Waals surface area contributed by atoms with Gasteiger partial charge in [0.05, 0.1) is 6.04 Å². The standard InChI is InChI=1S/C19H24N4O/c1-22-17(8-11-20-22)15-9-12-23(13-10-15)18-7-6-14-4-2-3-5-16(14)21-19(18)24/h2-5,8,11,15,18H,6-7,9-10,12-13H2,1H3,(H,21,24)/t18-/m1/s1. The lowest BCUT2D eigenvalue weighted by atomic mass is 9.92. The number of likely N-dealkylation sites (tertiary alicyclic amines) is 1. The number of piperidine rings is 1. The van der Waals surface area contributed by atoms with Gasteiger partial charge in [-0.1, -0.05) is 18.2 Å². The molecule has 0 aliphatic carbocycles. The Labute approximate surface area is 142 Å². The Bertz CT molecular complexity index is 730. The first-order chi connectivity index (χ1) is 11.7. The summed E-state index contributed by atoms with van der Waals surface area (Å²) >= 11 is 0. The van der Waals surface area contributed by atoms with Crippen LogP contribution in [0.4, 0.5) is 5.69 Å². The van der Waals surface area contributed by atoms with Crippen molar-refractivity contribution in [2.45, 2.75) is 37.6 Å². The van der Waals surface area contributed by atoms with Crippen molar-refractivity contribution >= 4 is 11.6 Å². The van der Waals surface area contributed by atoms with Gasteiger partial charge in [0, 0.05) is 30.5 Å². The van der Waals surface area contributed by atoms with Crippen LogP contribution < -0.4 is 5.32 Å². The number of hydrogen-bond donors (Lipinski definition) is 1. The monoisotopic (exact) mass is 324 g/mol. The van der Waals surface area contributed by atoms with E-state index in [-0.39, 0.29) is 11.9 Å². The molecule has 0 bridgehead atoms. The van der Waals surface area contributed by atoms with E-state index in [1.165, 1.54) is 11.3 Å². The van der Waals surface area contributed by atoms with Gasteiger partial charge < -0.3 is 5.32 Å². The number of hydrogen-bond acceptors (Lipinski definition) is 3. The summed E-state index contributed by atoms with van der Waals surface area (Å²) in [4.78, 5) is 15.0. The molecule has 1 atom stereocenters. The minimum absolute atomic E-state index is 0.00936. The van der Waals surface area contributed by atoms with Gasteiger partial charge in [-0.3, -0.25) is 14.4 Å². The molecule has 2 aromatic rings. The summed E-state index contributed by atoms with van der Waals surface area (Å²) < 4.78 is 1.98. The number of aromatic nitrogens is 2. The van der Waals surface area contributed by atoms with Crippen LogP contribution in [0.25, 0.3) is 0 Å². The Morgan fingerprint density at radius 1 is 1.12 bits per heavy atom. The van der Waals surface area contributed by atoms with Crippen LogP contribution in [0, 0.1) is 0 Å². The molecule has 0 spiro atoms. The zero-order chi connectivity index (χ0) is 16.5. The summed E-state index contributed by atoms with van der Waals surface area (Å²) in [6.45, 7) is 1.95. The van der Waals surface area contributed by atoms with E-state index in [0.29, 0.717) is 5.92 Å². The number of rotatable bonds is 2. The summed E-state index contributed by atoms with van der Waals surface area (Å²) in [5.74, 6) is 0.707. The molecule has 1 fully saturated rings. The van der Waals surface area contributed by atoms with Gasteiger partial charge in [-0.25, -0.2) is 0 Å². The molecule has 0 unspecified atom stereocenters. The third-order valence-corrected chi connectivity index (χ3v) is 5.51. The molecular weight excluding hydrogens is 300 g/mol. The van der Waals surface area contributed by atoms with Crippen LogP contribution >= 0.6 is 0 Å². The highest BCUT2D eigenvalue weighted by atomic mass is 16.2. The Kier molecular flexibility index (Phi) is 4.10. The van der Waals surface area contributed by atoms with Gasteiger partial charge in [0.15, 0.2) is 0 Å². The Hall–Kier alpha value is -2.14. The fraction of sp³-hybridized carbons (Fsp3) is 0.474. The number of carbonyl (C=O) groups excluding carboxylic acids is 1. The Balaban J connectivity index is 1.43. The average molecular weight is 324 g/mol. The Morgan fingerprint density at radius 3 is 2.67 bits per heavy atom. The quantitative estimate of drug-likeness (QED) is 0.923. The first-order valence-corrected chi connectivity index (χ1v) is 8.83. The minimum atomic E-state index is -0.00936. The first-order valence-electron chi connectivity index (χ1n) is 8.83. The molecule has 126 valence electrons. The van der Waals surface area contributed by atoms with Gasteiger partial charge in [-0.2, -0.15) is 5.10 Å². The maximum atomic E-state index is 12.7. The highest BCUT2D eigenvalue weighted by molar-refractivity contribution is 5.96. The van der Waals surface area contributed by atoms with E-state index < -0.39 is 0 Å². The second-order valence-electron chi connectivity index (χ2n) is 6.89. The number of nitrogens with zero attached hydrogens (tertiary/aromatic N) is 3. The third-order valence-electron chi connectivity index (χ3n) is 5.51. The molecule has 3 heterocycles. The van der Waals surface area contributed by atoms with Crippen molar-refractivity contribution in [2.24, 2.45) is 7.05 Å². The van der Waals surface area contributed by atoms with E-state index in [2.05, 4.69) is 27.4 Å². The number of anilines is 1. The average Bonchev–Trinajstić information content (AvgIpc) is 2.95. The van der Waals surface area contributed by atoms with Crippen molar-refractivity contribution in [2.75, 3.05) is 18.4 Å². The van der Waals surface area contributed by atoms with E-state index in [9.17, 15) is 4.79 Å². The van der Waals surface area contributed by atoms with Gasteiger partial charge in [0.2, 0.25) is 5.91 Å². The lowest BCUT2D eigenvalue weighted by Gasteiger charge is -2.36. The van der Waals surface area contributed by atoms with Crippen LogP contribution in [0.15, 0.2) is 36.5 Å². The molecule has 2 aliphatic rings. The number of aryl methyl sites for hydroxylation is 2. The predicted molar refractivity (Wildman–Crippen MR) is 93.9 cm³/mol. The van der Waals surface area contributed by atoms with Crippen molar-refractivity contribution in [3.8, 4) is 0 Å². The molecule has 2 aliphatic heterocycles. The smallest absolute Gasteiger partial charge is 0.241 e. The predicted octanol–water partition coefficient (Wildman–Crippen LogP) is 2.55. The number of amides is 1. The van der Waals surface area contributed by atoms with Crippen molar-refractivity contribution in [1.29, 1.82) is 0 Å². The topological polar surface area (TPSA) is 50.2 Å². The van der Waals surface area contributed by atoms with Gasteiger partial charge in [-0.05, 0) is 56.5 Å². The molecule has 1 N–H and O–H groups in total. The van der Waals surface area contributed by atoms with E-state index in [0.717, 1.165) is 44.5 Å². The van der Waals surface area contributed by atoms with Crippen LogP contribution in [0.5, 0.6) is 0 Å². The molecule has 0 saturated carbocycles. The maximum absolute atomic E-state index is 12.7. The molecule has 5 heteroatoms. The summed E-state index contributed by atoms with van der Waals surface area (Å²) in [6, 6.07) is 10.3. The van der Waals surface area contributed by atoms with Crippen LogP contribution in [-0.2, 0) is 18.3 Å². The number of benzene rings is 1. The minimum Gasteiger partial charge on any atom is -0.324 e. The van der Waals surface area contributed by atoms with Crippen LogP contribution in [-0.4, -0.2) is 39.7 Å². The van der Waals surface area contributed by atoms with Crippen molar-refractivity contribution in [1.82, 2.24) is 14.7 Å². The summed E-state index contributed by atoms with van der Waals surface area (Å²) in [5.41, 5.74) is 3.54. The molecule has 24 heavy (non-hydrogen) atoms. The van der Waals surface area contributed by atoms with Gasteiger partial charge in [0.25, 0.3) is 0 Å². The van der Waals surface area contributed by atoms with E-state index in [1.54, 1.807) is 0 Å². The van der Waals surface area contributed by atoms with E-state index in [4.69, 9.17) is 0 Å². The fourth-order valence-corrected chi connectivity index (χ4v) is 4.14. The highest BCUT2D eigenvalue weighted by Gasteiger charge is 2.32. The lowest BCUT2D eigenvalue weighted by molar-refractivity contribution is -0.121. The second kappa shape index (κ2) is 6.40. The van der Waals surface area contributed by atoms with E-state index in [1.807, 2.05) is 36.1 Å². The van der Waals surface area contributed by atoms with Crippen molar-refractivity contribution < 1.29 is 4.79 Å². The zero-order valence-electron chi connectivity index (χ0n) is 14.1. The first kappa shape index (κ1) is 15.4. The molecule has 1 aromatic carbocycles. The van der Waals surface area contributed by atoms with Gasteiger partial charge in [-0.15, -0.1) is 0 Å². The Morgan fingerprint density at radius 2 is 1.92 bits per heavy atom. The molecule has 1 amide bonds. The third kappa shape index (κ3) is 2.84. The normalized spacial score (nSPS) is 22.7. The fourth-order valence-electron chi connectivity index (χ4n) is 4.14. The number of fused-ring (bicyclic) bond motifs is 1. The molecule has 1 saturated heterocycles. The SMILES string of the molecule is Cn1nccc1C1CCN([C@@H]2CCc3ccccc3NC2=O)CC1. The summed E-state index contributed by atoms with van der Waals surface area (Å²) in [7, 11) is 2.01. The maximum Gasteiger partial charge on any atom is 0.241 e. The van der Waals surface area contributed by atoms with Gasteiger partial charge in [0.1, 0.15) is 0 Å². The zero-order valence-corrected chi connectivity index (χ0v) is 14.1. The number of nitrogens with one attached hydrogen (secondary N) is 1. The van der Waals surface area contributed by atoms with Crippen LogP contribution in [0.1, 0.15) is 36.4 Å². The molecule has 5 nitrogen and oxygen atoms in total. The van der Waals surface area contributed by atoms with Gasteiger partial charge >= 0.3 is 0 Å².